The van der Waals surface area contributed by atoms with Crippen molar-refractivity contribution < 1.29 is 14.3 Å². The fourth-order valence-electron chi connectivity index (χ4n) is 2.63. The van der Waals surface area contributed by atoms with Crippen molar-refractivity contribution in [1.82, 2.24) is 10.6 Å². The SMILES string of the molecule is COC[C@@H](C)NC(=O)C[C@H](NC(=O)c1ccccc1Cl)c1ccccc1. The van der Waals surface area contributed by atoms with Crippen LogP contribution in [0.5, 0.6) is 0 Å². The third-order valence-electron chi connectivity index (χ3n) is 3.84. The number of hydrogen-bond donors (Lipinski definition) is 2. The van der Waals surface area contributed by atoms with Crippen molar-refractivity contribution in [2.75, 3.05) is 13.7 Å². The van der Waals surface area contributed by atoms with Gasteiger partial charge in [0.1, 0.15) is 0 Å². The number of benzene rings is 2. The zero-order chi connectivity index (χ0) is 18.9. The van der Waals surface area contributed by atoms with Gasteiger partial charge < -0.3 is 15.4 Å². The second-order valence-electron chi connectivity index (χ2n) is 6.04. The first-order valence-corrected chi connectivity index (χ1v) is 8.77. The molecular formula is C20H23ClN2O3. The van der Waals surface area contributed by atoms with E-state index in [4.69, 9.17) is 16.3 Å². The van der Waals surface area contributed by atoms with Crippen LogP contribution in [-0.4, -0.2) is 31.6 Å². The van der Waals surface area contributed by atoms with E-state index in [-0.39, 0.29) is 24.3 Å². The van der Waals surface area contributed by atoms with E-state index in [2.05, 4.69) is 10.6 Å². The van der Waals surface area contributed by atoms with Crippen molar-refractivity contribution in [3.05, 3.63) is 70.7 Å². The van der Waals surface area contributed by atoms with E-state index in [1.54, 1.807) is 31.4 Å². The lowest BCUT2D eigenvalue weighted by Gasteiger charge is -2.21. The summed E-state index contributed by atoms with van der Waals surface area (Å²) in [6, 6.07) is 15.6. The molecule has 2 amide bonds. The highest BCUT2D eigenvalue weighted by molar-refractivity contribution is 6.33. The van der Waals surface area contributed by atoms with Gasteiger partial charge in [0.2, 0.25) is 5.91 Å². The Morgan fingerprint density at radius 1 is 1.04 bits per heavy atom. The standard InChI is InChI=1S/C20H23ClN2O3/c1-14(13-26-2)22-19(24)12-18(15-8-4-3-5-9-15)23-20(25)16-10-6-7-11-17(16)21/h3-11,14,18H,12-13H2,1-2H3,(H,22,24)(H,23,25)/t14-,18+/m1/s1. The van der Waals surface area contributed by atoms with E-state index in [9.17, 15) is 9.59 Å². The number of carbonyl (C=O) groups excluding carboxylic acids is 2. The van der Waals surface area contributed by atoms with E-state index in [1.165, 1.54) is 0 Å². The van der Waals surface area contributed by atoms with Crippen LogP contribution in [-0.2, 0) is 9.53 Å². The lowest BCUT2D eigenvalue weighted by molar-refractivity contribution is -0.122. The van der Waals surface area contributed by atoms with Crippen LogP contribution in [0.2, 0.25) is 5.02 Å². The summed E-state index contributed by atoms with van der Waals surface area (Å²) in [7, 11) is 1.58. The van der Waals surface area contributed by atoms with Gasteiger partial charge in [-0.05, 0) is 24.6 Å². The average molecular weight is 375 g/mol. The van der Waals surface area contributed by atoms with Crippen LogP contribution in [0.25, 0.3) is 0 Å². The molecule has 2 rings (SSSR count). The van der Waals surface area contributed by atoms with Crippen molar-refractivity contribution >= 4 is 23.4 Å². The van der Waals surface area contributed by atoms with Crippen LogP contribution in [0.15, 0.2) is 54.6 Å². The maximum absolute atomic E-state index is 12.6. The normalized spacial score (nSPS) is 12.9. The third kappa shape index (κ3) is 5.86. The minimum Gasteiger partial charge on any atom is -0.383 e. The van der Waals surface area contributed by atoms with Crippen LogP contribution in [0.4, 0.5) is 0 Å². The summed E-state index contributed by atoms with van der Waals surface area (Å²) < 4.78 is 5.03. The Balaban J connectivity index is 2.13. The van der Waals surface area contributed by atoms with Gasteiger partial charge in [-0.25, -0.2) is 0 Å². The highest BCUT2D eigenvalue weighted by Gasteiger charge is 2.21. The molecule has 0 aromatic heterocycles. The predicted octanol–water partition coefficient (Wildman–Crippen LogP) is 3.35. The van der Waals surface area contributed by atoms with Crippen LogP contribution in [0.3, 0.4) is 0 Å². The maximum atomic E-state index is 12.6. The molecule has 0 bridgehead atoms. The van der Waals surface area contributed by atoms with Gasteiger partial charge in [0.15, 0.2) is 0 Å². The van der Waals surface area contributed by atoms with Gasteiger partial charge in [-0.15, -0.1) is 0 Å². The summed E-state index contributed by atoms with van der Waals surface area (Å²) in [5.74, 6) is -0.481. The molecule has 0 unspecified atom stereocenters. The monoisotopic (exact) mass is 374 g/mol. The first kappa shape index (κ1) is 19.9. The first-order valence-electron chi connectivity index (χ1n) is 8.40. The van der Waals surface area contributed by atoms with Crippen LogP contribution in [0, 0.1) is 0 Å². The quantitative estimate of drug-likeness (QED) is 0.744. The Labute approximate surface area is 158 Å². The van der Waals surface area contributed by atoms with Gasteiger partial charge in [-0.1, -0.05) is 54.1 Å². The summed E-state index contributed by atoms with van der Waals surface area (Å²) in [6.07, 6.45) is 0.119. The topological polar surface area (TPSA) is 67.4 Å². The van der Waals surface area contributed by atoms with Crippen molar-refractivity contribution in [3.63, 3.8) is 0 Å². The lowest BCUT2D eigenvalue weighted by atomic mass is 10.0. The van der Waals surface area contributed by atoms with E-state index in [0.717, 1.165) is 5.56 Å². The van der Waals surface area contributed by atoms with Gasteiger partial charge >= 0.3 is 0 Å². The van der Waals surface area contributed by atoms with E-state index < -0.39 is 6.04 Å². The van der Waals surface area contributed by atoms with Crippen LogP contribution < -0.4 is 10.6 Å². The lowest BCUT2D eigenvalue weighted by Crippen LogP contribution is -2.39. The summed E-state index contributed by atoms with van der Waals surface area (Å²) in [6.45, 7) is 2.29. The second-order valence-corrected chi connectivity index (χ2v) is 6.45. The summed E-state index contributed by atoms with van der Waals surface area (Å²) in [5, 5.41) is 6.15. The molecule has 2 aromatic carbocycles. The third-order valence-corrected chi connectivity index (χ3v) is 4.17. The smallest absolute Gasteiger partial charge is 0.253 e. The Bertz CT molecular complexity index is 737. The van der Waals surface area contributed by atoms with Gasteiger partial charge in [0.25, 0.3) is 5.91 Å². The molecule has 5 nitrogen and oxygen atoms in total. The largest absolute Gasteiger partial charge is 0.383 e. The molecule has 138 valence electrons. The molecule has 2 aromatic rings. The molecule has 0 aliphatic rings. The van der Waals surface area contributed by atoms with Crippen molar-refractivity contribution in [2.24, 2.45) is 0 Å². The number of rotatable bonds is 8. The number of amides is 2. The molecule has 0 radical (unpaired) electrons. The number of hydrogen-bond acceptors (Lipinski definition) is 3. The molecular weight excluding hydrogens is 352 g/mol. The molecule has 26 heavy (non-hydrogen) atoms. The molecule has 0 spiro atoms. The number of methoxy groups -OCH3 is 1. The van der Waals surface area contributed by atoms with E-state index in [1.807, 2.05) is 37.3 Å². The van der Waals surface area contributed by atoms with Gasteiger partial charge in [-0.3, -0.25) is 9.59 Å². The van der Waals surface area contributed by atoms with Crippen LogP contribution in [0.1, 0.15) is 35.3 Å². The Hall–Kier alpha value is -2.37. The Morgan fingerprint density at radius 2 is 1.69 bits per heavy atom. The van der Waals surface area contributed by atoms with E-state index >= 15 is 0 Å². The Morgan fingerprint density at radius 3 is 2.35 bits per heavy atom. The number of halogens is 1. The van der Waals surface area contributed by atoms with E-state index in [0.29, 0.717) is 17.2 Å². The highest BCUT2D eigenvalue weighted by Crippen LogP contribution is 2.20. The number of carbonyl (C=O) groups is 2. The molecule has 0 aliphatic carbocycles. The zero-order valence-corrected chi connectivity index (χ0v) is 15.6. The first-order chi connectivity index (χ1) is 12.5. The molecule has 2 N–H and O–H groups in total. The predicted molar refractivity (Wildman–Crippen MR) is 102 cm³/mol. The molecule has 0 saturated carbocycles. The maximum Gasteiger partial charge on any atom is 0.253 e. The average Bonchev–Trinajstić information content (AvgIpc) is 2.62. The fraction of sp³-hybridized carbons (Fsp3) is 0.300. The minimum absolute atomic E-state index is 0.108. The van der Waals surface area contributed by atoms with Crippen molar-refractivity contribution in [2.45, 2.75) is 25.4 Å². The summed E-state index contributed by atoms with van der Waals surface area (Å²) in [5.41, 5.74) is 1.23. The van der Waals surface area contributed by atoms with Crippen molar-refractivity contribution in [3.8, 4) is 0 Å². The number of nitrogens with one attached hydrogen (secondary N) is 2. The van der Waals surface area contributed by atoms with Gasteiger partial charge in [-0.2, -0.15) is 0 Å². The zero-order valence-electron chi connectivity index (χ0n) is 14.9. The molecule has 0 aliphatic heterocycles. The molecule has 6 heteroatoms. The minimum atomic E-state index is -0.463. The summed E-state index contributed by atoms with van der Waals surface area (Å²) in [4.78, 5) is 25.0. The summed E-state index contributed by atoms with van der Waals surface area (Å²) >= 11 is 6.10. The van der Waals surface area contributed by atoms with Crippen LogP contribution >= 0.6 is 11.6 Å². The fourth-order valence-corrected chi connectivity index (χ4v) is 2.85. The highest BCUT2D eigenvalue weighted by atomic mass is 35.5. The molecule has 2 atom stereocenters. The molecule has 0 heterocycles. The Kier molecular flexibility index (Phi) is 7.63. The van der Waals surface area contributed by atoms with Gasteiger partial charge in [0, 0.05) is 13.2 Å². The van der Waals surface area contributed by atoms with Crippen molar-refractivity contribution in [1.29, 1.82) is 0 Å². The molecule has 0 fully saturated rings. The molecule has 0 saturated heterocycles. The second kappa shape index (κ2) is 9.94. The number of ether oxygens (including phenoxy) is 1. The van der Waals surface area contributed by atoms with Gasteiger partial charge in [0.05, 0.1) is 29.7 Å².